The molecule has 3 aromatic rings. The van der Waals surface area contributed by atoms with Gasteiger partial charge in [0.1, 0.15) is 0 Å². The summed E-state index contributed by atoms with van der Waals surface area (Å²) in [6, 6.07) is 17.0. The van der Waals surface area contributed by atoms with Crippen LogP contribution in [0, 0.1) is 6.92 Å². The highest BCUT2D eigenvalue weighted by molar-refractivity contribution is 5.87. The molecule has 1 atom stereocenters. The number of hydrogen-bond donors (Lipinski definition) is 2. The van der Waals surface area contributed by atoms with Crippen molar-refractivity contribution < 1.29 is 0 Å². The first-order valence-corrected chi connectivity index (χ1v) is 6.59. The van der Waals surface area contributed by atoms with Gasteiger partial charge in [0.15, 0.2) is 0 Å². The molecule has 2 heteroatoms. The summed E-state index contributed by atoms with van der Waals surface area (Å²) in [5.74, 6) is 0. The van der Waals surface area contributed by atoms with Gasteiger partial charge in [-0.3, -0.25) is 0 Å². The first kappa shape index (κ1) is 12.0. The highest BCUT2D eigenvalue weighted by Crippen LogP contribution is 2.27. The van der Waals surface area contributed by atoms with Crippen molar-refractivity contribution in [2.75, 3.05) is 0 Å². The van der Waals surface area contributed by atoms with E-state index >= 15 is 0 Å². The number of hydrogen-bond acceptors (Lipinski definition) is 1. The topological polar surface area (TPSA) is 41.8 Å². The summed E-state index contributed by atoms with van der Waals surface area (Å²) in [6.45, 7) is 4.14. The largest absolute Gasteiger partial charge is 0.355 e. The molecule has 2 nitrogen and oxygen atoms in total. The number of nitrogens with two attached hydrogens (primary N) is 1. The molecule has 19 heavy (non-hydrogen) atoms. The molecule has 1 unspecified atom stereocenters. The molecule has 1 aromatic heterocycles. The predicted octanol–water partition coefficient (Wildman–Crippen LogP) is 4.16. The van der Waals surface area contributed by atoms with Crippen molar-refractivity contribution in [3.8, 4) is 11.3 Å². The number of aromatic nitrogens is 1. The molecule has 0 aliphatic rings. The highest BCUT2D eigenvalue weighted by Gasteiger charge is 2.07. The van der Waals surface area contributed by atoms with Crippen LogP contribution in [0.3, 0.4) is 0 Å². The van der Waals surface area contributed by atoms with Gasteiger partial charge in [0.2, 0.25) is 0 Å². The summed E-state index contributed by atoms with van der Waals surface area (Å²) in [5, 5.41) is 1.22. The minimum atomic E-state index is 0.0706. The lowest BCUT2D eigenvalue weighted by Gasteiger charge is -2.04. The molecular formula is C17H18N2. The van der Waals surface area contributed by atoms with Gasteiger partial charge in [-0.25, -0.2) is 0 Å². The van der Waals surface area contributed by atoms with E-state index in [1.807, 2.05) is 6.92 Å². The molecule has 0 aliphatic carbocycles. The van der Waals surface area contributed by atoms with Crippen molar-refractivity contribution in [3.63, 3.8) is 0 Å². The van der Waals surface area contributed by atoms with Gasteiger partial charge in [-0.1, -0.05) is 30.3 Å². The molecule has 0 bridgehead atoms. The highest BCUT2D eigenvalue weighted by atomic mass is 14.7. The second kappa shape index (κ2) is 4.56. The lowest BCUT2D eigenvalue weighted by Crippen LogP contribution is -2.04. The molecule has 2 aromatic carbocycles. The van der Waals surface area contributed by atoms with Crippen LogP contribution in [0.15, 0.2) is 48.5 Å². The molecule has 1 heterocycles. The SMILES string of the molecule is Cc1ccccc1-c1cc2cc(C(C)N)ccc2[nH]1. The molecule has 0 fully saturated rings. The maximum Gasteiger partial charge on any atom is 0.0467 e. The van der Waals surface area contributed by atoms with Gasteiger partial charge in [-0.2, -0.15) is 0 Å². The Morgan fingerprint density at radius 3 is 2.58 bits per heavy atom. The first-order chi connectivity index (χ1) is 9.15. The summed E-state index contributed by atoms with van der Waals surface area (Å²) >= 11 is 0. The van der Waals surface area contributed by atoms with E-state index in [2.05, 4.69) is 60.4 Å². The van der Waals surface area contributed by atoms with Crippen LogP contribution in [0.1, 0.15) is 24.1 Å². The number of aryl methyl sites for hydroxylation is 1. The zero-order valence-corrected chi connectivity index (χ0v) is 11.3. The van der Waals surface area contributed by atoms with Crippen LogP contribution < -0.4 is 5.73 Å². The van der Waals surface area contributed by atoms with Crippen LogP contribution in [0.2, 0.25) is 0 Å². The van der Waals surface area contributed by atoms with Gasteiger partial charge in [0.05, 0.1) is 0 Å². The van der Waals surface area contributed by atoms with Crippen LogP contribution >= 0.6 is 0 Å². The summed E-state index contributed by atoms with van der Waals surface area (Å²) in [4.78, 5) is 3.48. The molecule has 96 valence electrons. The second-order valence-corrected chi connectivity index (χ2v) is 5.13. The fourth-order valence-electron chi connectivity index (χ4n) is 2.45. The van der Waals surface area contributed by atoms with Gasteiger partial charge < -0.3 is 10.7 Å². The molecule has 3 N–H and O–H groups in total. The Bertz CT molecular complexity index is 723. The summed E-state index contributed by atoms with van der Waals surface area (Å²) in [5.41, 5.74) is 12.0. The molecule has 0 saturated heterocycles. The fourth-order valence-corrected chi connectivity index (χ4v) is 2.45. The zero-order chi connectivity index (χ0) is 13.4. The molecule has 0 aliphatic heterocycles. The van der Waals surface area contributed by atoms with Crippen LogP contribution in [-0.4, -0.2) is 4.98 Å². The molecular weight excluding hydrogens is 232 g/mol. The molecule has 0 saturated carbocycles. The summed E-state index contributed by atoms with van der Waals surface area (Å²) in [7, 11) is 0. The Morgan fingerprint density at radius 2 is 1.84 bits per heavy atom. The van der Waals surface area contributed by atoms with E-state index in [0.29, 0.717) is 0 Å². The third-order valence-corrected chi connectivity index (χ3v) is 3.61. The number of aromatic amines is 1. The average molecular weight is 250 g/mol. The third kappa shape index (κ3) is 2.15. The third-order valence-electron chi connectivity index (χ3n) is 3.61. The van der Waals surface area contributed by atoms with E-state index in [0.717, 1.165) is 11.2 Å². The number of nitrogens with one attached hydrogen (secondary N) is 1. The van der Waals surface area contributed by atoms with Gasteiger partial charge >= 0.3 is 0 Å². The van der Waals surface area contributed by atoms with E-state index < -0.39 is 0 Å². The van der Waals surface area contributed by atoms with E-state index in [4.69, 9.17) is 5.73 Å². The second-order valence-electron chi connectivity index (χ2n) is 5.13. The molecule has 0 radical (unpaired) electrons. The van der Waals surface area contributed by atoms with Crippen molar-refractivity contribution in [1.82, 2.24) is 4.98 Å². The van der Waals surface area contributed by atoms with Gasteiger partial charge in [0, 0.05) is 28.2 Å². The lowest BCUT2D eigenvalue weighted by atomic mass is 10.0. The Kier molecular flexibility index (Phi) is 2.88. The van der Waals surface area contributed by atoms with Crippen molar-refractivity contribution in [1.29, 1.82) is 0 Å². The Morgan fingerprint density at radius 1 is 1.05 bits per heavy atom. The first-order valence-electron chi connectivity index (χ1n) is 6.59. The van der Waals surface area contributed by atoms with E-state index in [-0.39, 0.29) is 6.04 Å². The predicted molar refractivity (Wildman–Crippen MR) is 81.1 cm³/mol. The zero-order valence-electron chi connectivity index (χ0n) is 11.3. The quantitative estimate of drug-likeness (QED) is 0.704. The minimum Gasteiger partial charge on any atom is -0.355 e. The van der Waals surface area contributed by atoms with E-state index in [1.165, 1.54) is 22.1 Å². The Hall–Kier alpha value is -2.06. The Labute approximate surface area is 113 Å². The average Bonchev–Trinajstić information content (AvgIpc) is 2.81. The molecule has 0 spiro atoms. The normalized spacial score (nSPS) is 12.8. The summed E-state index contributed by atoms with van der Waals surface area (Å²) in [6.07, 6.45) is 0. The monoisotopic (exact) mass is 250 g/mol. The lowest BCUT2D eigenvalue weighted by molar-refractivity contribution is 0.820. The van der Waals surface area contributed by atoms with Crippen LogP contribution in [0.5, 0.6) is 0 Å². The van der Waals surface area contributed by atoms with Crippen molar-refractivity contribution in [2.45, 2.75) is 19.9 Å². The standard InChI is InChI=1S/C17H18N2/c1-11-5-3-4-6-15(11)17-10-14-9-13(12(2)18)7-8-16(14)19-17/h3-10,12,19H,18H2,1-2H3. The Balaban J connectivity index is 2.14. The van der Waals surface area contributed by atoms with Crippen molar-refractivity contribution >= 4 is 10.9 Å². The van der Waals surface area contributed by atoms with Gasteiger partial charge in [-0.15, -0.1) is 0 Å². The number of H-pyrrole nitrogens is 1. The van der Waals surface area contributed by atoms with Gasteiger partial charge in [-0.05, 0) is 43.2 Å². The number of fused-ring (bicyclic) bond motifs is 1. The number of benzene rings is 2. The number of rotatable bonds is 2. The van der Waals surface area contributed by atoms with E-state index in [9.17, 15) is 0 Å². The van der Waals surface area contributed by atoms with Gasteiger partial charge in [0.25, 0.3) is 0 Å². The smallest absolute Gasteiger partial charge is 0.0467 e. The van der Waals surface area contributed by atoms with Crippen molar-refractivity contribution in [3.05, 3.63) is 59.7 Å². The maximum atomic E-state index is 5.94. The molecule has 3 rings (SSSR count). The van der Waals surface area contributed by atoms with Crippen LogP contribution in [0.4, 0.5) is 0 Å². The maximum absolute atomic E-state index is 5.94. The van der Waals surface area contributed by atoms with Crippen LogP contribution in [0.25, 0.3) is 22.2 Å². The fraction of sp³-hybridized carbons (Fsp3) is 0.176. The van der Waals surface area contributed by atoms with Crippen LogP contribution in [-0.2, 0) is 0 Å². The summed E-state index contributed by atoms with van der Waals surface area (Å²) < 4.78 is 0. The molecule has 0 amide bonds. The van der Waals surface area contributed by atoms with E-state index in [1.54, 1.807) is 0 Å². The minimum absolute atomic E-state index is 0.0706. The van der Waals surface area contributed by atoms with Crippen molar-refractivity contribution in [2.24, 2.45) is 5.73 Å².